The normalized spacial score (nSPS) is 10.9. The second-order valence-electron chi connectivity index (χ2n) is 8.78. The largest absolute Gasteiger partial charge is 0.329 e. The predicted molar refractivity (Wildman–Crippen MR) is 145 cm³/mol. The first-order valence-electron chi connectivity index (χ1n) is 11.6. The van der Waals surface area contributed by atoms with Crippen LogP contribution in [0.1, 0.15) is 24.2 Å². The van der Waals surface area contributed by atoms with E-state index < -0.39 is 0 Å². The minimum Gasteiger partial charge on any atom is -0.329 e. The zero-order valence-electron chi connectivity index (χ0n) is 20.0. The minimum atomic E-state index is -0.333. The van der Waals surface area contributed by atoms with Crippen LogP contribution in [-0.2, 0) is 4.79 Å². The Morgan fingerprint density at radius 2 is 1.58 bits per heavy atom. The molecule has 4 rings (SSSR count). The summed E-state index contributed by atoms with van der Waals surface area (Å²) in [7, 11) is 0. The standard InChI is InChI=1S/C28H26Cl2N4O2/c1-19(2)17-33(28(36)21-13-14-23(29)24(30)15-21)18-27(35)31-26-16-25(20-9-5-3-6-10-20)32-34(26)22-11-7-4-8-12-22/h3-16,19H,17-18H2,1-2H3,(H,31,35). The van der Waals surface area contributed by atoms with Crippen LogP contribution in [0.3, 0.4) is 0 Å². The van der Waals surface area contributed by atoms with Crippen molar-refractivity contribution in [3.63, 3.8) is 0 Å². The number of nitrogens with zero attached hydrogens (tertiary/aromatic N) is 3. The maximum Gasteiger partial charge on any atom is 0.254 e. The lowest BCUT2D eigenvalue weighted by molar-refractivity contribution is -0.117. The number of hydrogen-bond donors (Lipinski definition) is 1. The van der Waals surface area contributed by atoms with Crippen molar-refractivity contribution in [3.8, 4) is 16.9 Å². The molecule has 0 unspecified atom stereocenters. The smallest absolute Gasteiger partial charge is 0.254 e. The van der Waals surface area contributed by atoms with Gasteiger partial charge in [-0.3, -0.25) is 9.59 Å². The van der Waals surface area contributed by atoms with Gasteiger partial charge in [0, 0.05) is 23.7 Å². The van der Waals surface area contributed by atoms with E-state index in [-0.39, 0.29) is 29.3 Å². The van der Waals surface area contributed by atoms with Gasteiger partial charge in [-0.2, -0.15) is 5.10 Å². The van der Waals surface area contributed by atoms with E-state index in [2.05, 4.69) is 5.32 Å². The molecule has 4 aromatic rings. The molecule has 36 heavy (non-hydrogen) atoms. The fourth-order valence-electron chi connectivity index (χ4n) is 3.81. The van der Waals surface area contributed by atoms with Crippen molar-refractivity contribution >= 4 is 40.8 Å². The first-order valence-corrected chi connectivity index (χ1v) is 12.3. The summed E-state index contributed by atoms with van der Waals surface area (Å²) in [6.07, 6.45) is 0. The second-order valence-corrected chi connectivity index (χ2v) is 9.60. The number of halogens is 2. The Labute approximate surface area is 220 Å². The Balaban J connectivity index is 1.60. The molecular weight excluding hydrogens is 495 g/mol. The third kappa shape index (κ3) is 6.14. The molecule has 0 saturated heterocycles. The van der Waals surface area contributed by atoms with E-state index >= 15 is 0 Å². The lowest BCUT2D eigenvalue weighted by Gasteiger charge is -2.24. The molecule has 8 heteroatoms. The fraction of sp³-hybridized carbons (Fsp3) is 0.179. The molecule has 184 valence electrons. The number of para-hydroxylation sites is 1. The summed E-state index contributed by atoms with van der Waals surface area (Å²) in [6.45, 7) is 4.25. The molecule has 0 radical (unpaired) electrons. The zero-order chi connectivity index (χ0) is 25.7. The SMILES string of the molecule is CC(C)CN(CC(=O)Nc1cc(-c2ccccc2)nn1-c1ccccc1)C(=O)c1ccc(Cl)c(Cl)c1. The average molecular weight is 521 g/mol. The minimum absolute atomic E-state index is 0.127. The summed E-state index contributed by atoms with van der Waals surface area (Å²) in [5.41, 5.74) is 2.83. The van der Waals surface area contributed by atoms with Gasteiger partial charge in [-0.1, -0.05) is 85.6 Å². The quantitative estimate of drug-likeness (QED) is 0.285. The third-order valence-corrected chi connectivity index (χ3v) is 6.16. The van der Waals surface area contributed by atoms with Gasteiger partial charge in [0.1, 0.15) is 12.4 Å². The molecule has 0 aliphatic rings. The van der Waals surface area contributed by atoms with Crippen molar-refractivity contribution in [3.05, 3.63) is 101 Å². The number of anilines is 1. The molecule has 0 saturated carbocycles. The number of nitrogens with one attached hydrogen (secondary N) is 1. The number of amides is 2. The third-order valence-electron chi connectivity index (χ3n) is 5.42. The van der Waals surface area contributed by atoms with E-state index in [0.29, 0.717) is 22.9 Å². The number of carbonyl (C=O) groups excluding carboxylic acids is 2. The Hall–Kier alpha value is -3.61. The highest BCUT2D eigenvalue weighted by Gasteiger charge is 2.22. The molecular formula is C28H26Cl2N4O2. The van der Waals surface area contributed by atoms with E-state index in [9.17, 15) is 9.59 Å². The van der Waals surface area contributed by atoms with E-state index in [4.69, 9.17) is 28.3 Å². The lowest BCUT2D eigenvalue weighted by Crippen LogP contribution is -2.40. The lowest BCUT2D eigenvalue weighted by atomic mass is 10.1. The van der Waals surface area contributed by atoms with Crippen molar-refractivity contribution < 1.29 is 9.59 Å². The van der Waals surface area contributed by atoms with Crippen LogP contribution in [0.5, 0.6) is 0 Å². The number of rotatable bonds is 8. The molecule has 1 heterocycles. The summed E-state index contributed by atoms with van der Waals surface area (Å²) in [5.74, 6) is 0.0419. The molecule has 6 nitrogen and oxygen atoms in total. The molecule has 2 amide bonds. The summed E-state index contributed by atoms with van der Waals surface area (Å²) in [6, 6.07) is 25.8. The van der Waals surface area contributed by atoms with Gasteiger partial charge < -0.3 is 10.2 Å². The van der Waals surface area contributed by atoms with Crippen LogP contribution >= 0.6 is 23.2 Å². The molecule has 0 aliphatic heterocycles. The molecule has 1 aromatic heterocycles. The van der Waals surface area contributed by atoms with Crippen LogP contribution in [0.15, 0.2) is 84.9 Å². The molecule has 0 spiro atoms. The first-order chi connectivity index (χ1) is 17.3. The van der Waals surface area contributed by atoms with Gasteiger partial charge in [-0.25, -0.2) is 4.68 Å². The highest BCUT2D eigenvalue weighted by atomic mass is 35.5. The van der Waals surface area contributed by atoms with E-state index in [1.807, 2.05) is 80.6 Å². The molecule has 0 bridgehead atoms. The Morgan fingerprint density at radius 1 is 0.917 bits per heavy atom. The van der Waals surface area contributed by atoms with Gasteiger partial charge in [0.15, 0.2) is 0 Å². The number of benzene rings is 3. The van der Waals surface area contributed by atoms with Crippen molar-refractivity contribution in [2.45, 2.75) is 13.8 Å². The van der Waals surface area contributed by atoms with Gasteiger partial charge in [0.05, 0.1) is 21.4 Å². The highest BCUT2D eigenvalue weighted by Crippen LogP contribution is 2.26. The van der Waals surface area contributed by atoms with Crippen molar-refractivity contribution in [1.82, 2.24) is 14.7 Å². The Kier molecular flexibility index (Phi) is 8.08. The van der Waals surface area contributed by atoms with Gasteiger partial charge >= 0.3 is 0 Å². The van der Waals surface area contributed by atoms with Crippen LogP contribution in [0.2, 0.25) is 10.0 Å². The van der Waals surface area contributed by atoms with Crippen LogP contribution in [0, 0.1) is 5.92 Å². The Morgan fingerprint density at radius 3 is 2.22 bits per heavy atom. The Bertz CT molecular complexity index is 1350. The van der Waals surface area contributed by atoms with Crippen molar-refractivity contribution in [2.24, 2.45) is 5.92 Å². The monoisotopic (exact) mass is 520 g/mol. The van der Waals surface area contributed by atoms with Gasteiger partial charge in [0.25, 0.3) is 5.91 Å². The number of hydrogen-bond acceptors (Lipinski definition) is 3. The van der Waals surface area contributed by atoms with Crippen molar-refractivity contribution in [1.29, 1.82) is 0 Å². The van der Waals surface area contributed by atoms with E-state index in [1.165, 1.54) is 11.0 Å². The summed E-state index contributed by atoms with van der Waals surface area (Å²) in [5, 5.41) is 8.33. The molecule has 0 atom stereocenters. The summed E-state index contributed by atoms with van der Waals surface area (Å²) in [4.78, 5) is 27.9. The first kappa shape index (κ1) is 25.5. The topological polar surface area (TPSA) is 67.2 Å². The summed E-state index contributed by atoms with van der Waals surface area (Å²) < 4.78 is 1.69. The highest BCUT2D eigenvalue weighted by molar-refractivity contribution is 6.42. The van der Waals surface area contributed by atoms with E-state index in [0.717, 1.165) is 16.9 Å². The molecule has 0 fully saturated rings. The van der Waals surface area contributed by atoms with Gasteiger partial charge in [-0.05, 0) is 36.2 Å². The number of carbonyl (C=O) groups is 2. The maximum absolute atomic E-state index is 13.2. The van der Waals surface area contributed by atoms with Crippen LogP contribution in [0.4, 0.5) is 5.82 Å². The fourth-order valence-corrected chi connectivity index (χ4v) is 4.11. The van der Waals surface area contributed by atoms with Crippen LogP contribution in [0.25, 0.3) is 16.9 Å². The van der Waals surface area contributed by atoms with Gasteiger partial charge in [0.2, 0.25) is 5.91 Å². The molecule has 1 N–H and O–H groups in total. The predicted octanol–water partition coefficient (Wildman–Crippen LogP) is 6.58. The maximum atomic E-state index is 13.2. The van der Waals surface area contributed by atoms with Crippen molar-refractivity contribution in [2.75, 3.05) is 18.4 Å². The summed E-state index contributed by atoms with van der Waals surface area (Å²) >= 11 is 12.1. The van der Waals surface area contributed by atoms with Crippen LogP contribution < -0.4 is 5.32 Å². The van der Waals surface area contributed by atoms with Gasteiger partial charge in [-0.15, -0.1) is 0 Å². The zero-order valence-corrected chi connectivity index (χ0v) is 21.5. The second kappa shape index (κ2) is 11.4. The van der Waals surface area contributed by atoms with Crippen LogP contribution in [-0.4, -0.2) is 39.6 Å². The molecule has 3 aromatic carbocycles. The van der Waals surface area contributed by atoms with E-state index in [1.54, 1.807) is 16.8 Å². The average Bonchev–Trinajstić information content (AvgIpc) is 3.29. The number of aromatic nitrogens is 2. The molecule has 0 aliphatic carbocycles.